The van der Waals surface area contributed by atoms with Gasteiger partial charge in [-0.1, -0.05) is 31.7 Å². The van der Waals surface area contributed by atoms with Gasteiger partial charge in [-0.15, -0.1) is 0 Å². The third kappa shape index (κ3) is 2.68. The minimum atomic E-state index is 0.0198. The Labute approximate surface area is 107 Å². The highest BCUT2D eigenvalue weighted by Crippen LogP contribution is 2.11. The molecule has 0 aliphatic rings. The van der Waals surface area contributed by atoms with Gasteiger partial charge in [0.1, 0.15) is 0 Å². The van der Waals surface area contributed by atoms with Crippen LogP contribution in [0.4, 0.5) is 0 Å². The lowest BCUT2D eigenvalue weighted by atomic mass is 10.2. The molecule has 0 unspecified atom stereocenters. The number of hydrogen-bond acceptors (Lipinski definition) is 2. The van der Waals surface area contributed by atoms with Crippen LogP contribution in [0.25, 0.3) is 10.9 Å². The molecule has 0 aliphatic heterocycles. The maximum Gasteiger partial charge on any atom is 0.251 e. The van der Waals surface area contributed by atoms with E-state index in [1.54, 1.807) is 10.6 Å². The van der Waals surface area contributed by atoms with Gasteiger partial charge in [0, 0.05) is 19.2 Å². The van der Waals surface area contributed by atoms with Crippen molar-refractivity contribution >= 4 is 10.9 Å². The molecule has 1 heterocycles. The molecule has 3 heteroatoms. The second-order valence-corrected chi connectivity index (χ2v) is 4.35. The molecule has 94 valence electrons. The minimum Gasteiger partial charge on any atom is -0.313 e. The average molecular weight is 242 g/mol. The standard InChI is InChI=1S/C15H18N2O/c1-3-16-10-12(2)11-17-14-7-5-4-6-13(14)8-9-15(17)18/h4-9,16H,2-3,10-11H2,1H3. The number of benzene rings is 1. The van der Waals surface area contributed by atoms with E-state index in [4.69, 9.17) is 0 Å². The van der Waals surface area contributed by atoms with E-state index >= 15 is 0 Å². The van der Waals surface area contributed by atoms with Crippen LogP contribution >= 0.6 is 0 Å². The van der Waals surface area contributed by atoms with Crippen molar-refractivity contribution < 1.29 is 0 Å². The van der Waals surface area contributed by atoms with E-state index in [0.717, 1.165) is 29.6 Å². The number of nitrogens with zero attached hydrogens (tertiary/aromatic N) is 1. The van der Waals surface area contributed by atoms with Gasteiger partial charge < -0.3 is 9.88 Å². The third-order valence-electron chi connectivity index (χ3n) is 2.91. The smallest absolute Gasteiger partial charge is 0.251 e. The molecule has 2 rings (SSSR count). The largest absolute Gasteiger partial charge is 0.313 e. The van der Waals surface area contributed by atoms with Gasteiger partial charge in [-0.25, -0.2) is 0 Å². The molecule has 2 aromatic rings. The van der Waals surface area contributed by atoms with Crippen LogP contribution in [0.1, 0.15) is 6.92 Å². The van der Waals surface area contributed by atoms with Gasteiger partial charge in [0.05, 0.1) is 5.52 Å². The molecule has 18 heavy (non-hydrogen) atoms. The van der Waals surface area contributed by atoms with Gasteiger partial charge in [0.25, 0.3) is 5.56 Å². The second-order valence-electron chi connectivity index (χ2n) is 4.35. The van der Waals surface area contributed by atoms with Crippen LogP contribution in [-0.4, -0.2) is 17.7 Å². The molecule has 1 aromatic heterocycles. The number of fused-ring (bicyclic) bond motifs is 1. The predicted octanol–water partition coefficient (Wildman–Crippen LogP) is 2.17. The summed E-state index contributed by atoms with van der Waals surface area (Å²) in [6.45, 7) is 8.28. The first-order chi connectivity index (χ1) is 8.72. The van der Waals surface area contributed by atoms with Crippen LogP contribution in [0, 0.1) is 0 Å². The molecular weight excluding hydrogens is 224 g/mol. The van der Waals surface area contributed by atoms with Crippen molar-refractivity contribution in [1.29, 1.82) is 0 Å². The summed E-state index contributed by atoms with van der Waals surface area (Å²) >= 11 is 0. The van der Waals surface area contributed by atoms with Crippen molar-refractivity contribution in [3.63, 3.8) is 0 Å². The van der Waals surface area contributed by atoms with Crippen LogP contribution in [0.5, 0.6) is 0 Å². The molecular formula is C15H18N2O. The number of rotatable bonds is 5. The van der Waals surface area contributed by atoms with Gasteiger partial charge >= 0.3 is 0 Å². The van der Waals surface area contributed by atoms with Crippen LogP contribution in [0.15, 0.2) is 53.3 Å². The Morgan fingerprint density at radius 2 is 2.06 bits per heavy atom. The van der Waals surface area contributed by atoms with Crippen molar-refractivity contribution in [2.45, 2.75) is 13.5 Å². The van der Waals surface area contributed by atoms with Gasteiger partial charge in [0.15, 0.2) is 0 Å². The van der Waals surface area contributed by atoms with E-state index in [2.05, 4.69) is 18.8 Å². The summed E-state index contributed by atoms with van der Waals surface area (Å²) in [7, 11) is 0. The van der Waals surface area contributed by atoms with E-state index < -0.39 is 0 Å². The Hall–Kier alpha value is -1.87. The fourth-order valence-electron chi connectivity index (χ4n) is 1.99. The zero-order chi connectivity index (χ0) is 13.0. The summed E-state index contributed by atoms with van der Waals surface area (Å²) in [5.41, 5.74) is 1.99. The van der Waals surface area contributed by atoms with Gasteiger partial charge in [-0.3, -0.25) is 4.79 Å². The predicted molar refractivity (Wildman–Crippen MR) is 75.9 cm³/mol. The highest BCUT2D eigenvalue weighted by atomic mass is 16.1. The molecule has 0 aliphatic carbocycles. The number of hydrogen-bond donors (Lipinski definition) is 1. The molecule has 3 nitrogen and oxygen atoms in total. The molecule has 0 radical (unpaired) electrons. The van der Waals surface area contributed by atoms with Crippen molar-refractivity contribution in [3.05, 3.63) is 58.9 Å². The molecule has 0 bridgehead atoms. The summed E-state index contributed by atoms with van der Waals surface area (Å²) < 4.78 is 1.77. The van der Waals surface area contributed by atoms with E-state index in [1.165, 1.54) is 0 Å². The van der Waals surface area contributed by atoms with Gasteiger partial charge in [-0.05, 0) is 29.6 Å². The molecule has 0 atom stereocenters. The summed E-state index contributed by atoms with van der Waals surface area (Å²) in [6, 6.07) is 11.4. The summed E-state index contributed by atoms with van der Waals surface area (Å²) in [5, 5.41) is 4.30. The van der Waals surface area contributed by atoms with E-state index in [0.29, 0.717) is 6.54 Å². The number of pyridine rings is 1. The lowest BCUT2D eigenvalue weighted by Gasteiger charge is -2.12. The molecule has 0 saturated carbocycles. The lowest BCUT2D eigenvalue weighted by Crippen LogP contribution is -2.24. The number of likely N-dealkylation sites (N-methyl/N-ethyl adjacent to an activating group) is 1. The highest BCUT2D eigenvalue weighted by Gasteiger charge is 2.03. The fraction of sp³-hybridized carbons (Fsp3) is 0.267. The zero-order valence-corrected chi connectivity index (χ0v) is 10.6. The second kappa shape index (κ2) is 5.65. The SMILES string of the molecule is C=C(CNCC)Cn1c(=O)ccc2ccccc21. The first kappa shape index (κ1) is 12.6. The molecule has 0 amide bonds. The fourth-order valence-corrected chi connectivity index (χ4v) is 1.99. The first-order valence-corrected chi connectivity index (χ1v) is 6.18. The van der Waals surface area contributed by atoms with Gasteiger partial charge in [0.2, 0.25) is 0 Å². The van der Waals surface area contributed by atoms with E-state index in [-0.39, 0.29) is 5.56 Å². The third-order valence-corrected chi connectivity index (χ3v) is 2.91. The zero-order valence-electron chi connectivity index (χ0n) is 10.6. The maximum absolute atomic E-state index is 11.9. The quantitative estimate of drug-likeness (QED) is 0.815. The van der Waals surface area contributed by atoms with Crippen LogP contribution in [0.3, 0.4) is 0 Å². The Morgan fingerprint density at radius 1 is 1.28 bits per heavy atom. The van der Waals surface area contributed by atoms with Crippen LogP contribution in [0.2, 0.25) is 0 Å². The highest BCUT2D eigenvalue weighted by molar-refractivity contribution is 5.78. The number of para-hydroxylation sites is 1. The molecule has 1 N–H and O–H groups in total. The van der Waals surface area contributed by atoms with Crippen LogP contribution < -0.4 is 10.9 Å². The normalized spacial score (nSPS) is 10.7. The van der Waals surface area contributed by atoms with E-state index in [9.17, 15) is 4.79 Å². The lowest BCUT2D eigenvalue weighted by molar-refractivity contribution is 0.704. The number of nitrogens with one attached hydrogen (secondary N) is 1. The van der Waals surface area contributed by atoms with Crippen molar-refractivity contribution in [2.75, 3.05) is 13.1 Å². The first-order valence-electron chi connectivity index (χ1n) is 6.18. The van der Waals surface area contributed by atoms with Crippen molar-refractivity contribution in [1.82, 2.24) is 9.88 Å². The topological polar surface area (TPSA) is 34.0 Å². The van der Waals surface area contributed by atoms with Crippen molar-refractivity contribution in [2.24, 2.45) is 0 Å². The average Bonchev–Trinajstić information content (AvgIpc) is 2.40. The summed E-state index contributed by atoms with van der Waals surface area (Å²) in [5.74, 6) is 0. The van der Waals surface area contributed by atoms with Crippen LogP contribution in [-0.2, 0) is 6.54 Å². The monoisotopic (exact) mass is 242 g/mol. The summed E-state index contributed by atoms with van der Waals surface area (Å²) in [6.07, 6.45) is 0. The van der Waals surface area contributed by atoms with E-state index in [1.807, 2.05) is 30.3 Å². The Kier molecular flexibility index (Phi) is 3.95. The Balaban J connectivity index is 2.35. The Morgan fingerprint density at radius 3 is 2.83 bits per heavy atom. The molecule has 0 fully saturated rings. The number of aromatic nitrogens is 1. The maximum atomic E-state index is 11.9. The minimum absolute atomic E-state index is 0.0198. The molecule has 0 spiro atoms. The Bertz CT molecular complexity index is 613. The summed E-state index contributed by atoms with van der Waals surface area (Å²) in [4.78, 5) is 11.9. The van der Waals surface area contributed by atoms with Gasteiger partial charge in [-0.2, -0.15) is 0 Å². The molecule has 0 saturated heterocycles. The van der Waals surface area contributed by atoms with Crippen molar-refractivity contribution in [3.8, 4) is 0 Å². The molecule has 1 aromatic carbocycles.